The van der Waals surface area contributed by atoms with Crippen molar-refractivity contribution in [2.75, 3.05) is 0 Å². The van der Waals surface area contributed by atoms with Crippen LogP contribution >= 0.6 is 0 Å². The molecule has 0 radical (unpaired) electrons. The minimum atomic E-state index is 0.239. The largest absolute Gasteiger partial charge is 0.299 e. The lowest BCUT2D eigenvalue weighted by atomic mass is 9.91. The van der Waals surface area contributed by atoms with Crippen molar-refractivity contribution >= 4 is 5.78 Å². The van der Waals surface area contributed by atoms with Crippen LogP contribution in [0.3, 0.4) is 0 Å². The first-order valence-electron chi connectivity index (χ1n) is 7.71. The van der Waals surface area contributed by atoms with E-state index in [2.05, 4.69) is 45.0 Å². The summed E-state index contributed by atoms with van der Waals surface area (Å²) in [5.41, 5.74) is 2.95. The first kappa shape index (κ1) is 12.9. The topological polar surface area (TPSA) is 17.1 Å². The first-order chi connectivity index (χ1) is 9.09. The number of rotatable bonds is 4. The van der Waals surface area contributed by atoms with Crippen LogP contribution in [0.2, 0.25) is 0 Å². The van der Waals surface area contributed by atoms with Crippen LogP contribution in [0.25, 0.3) is 0 Å². The molecule has 0 bridgehead atoms. The third-order valence-electron chi connectivity index (χ3n) is 4.97. The van der Waals surface area contributed by atoms with Crippen LogP contribution in [0.4, 0.5) is 0 Å². The molecule has 4 atom stereocenters. The van der Waals surface area contributed by atoms with Crippen LogP contribution in [-0.4, -0.2) is 5.78 Å². The molecule has 1 heteroatoms. The fourth-order valence-electron chi connectivity index (χ4n) is 4.11. The molecule has 0 heterocycles. The van der Waals surface area contributed by atoms with Gasteiger partial charge in [0.1, 0.15) is 5.78 Å². The Balaban J connectivity index is 1.75. The maximum Gasteiger partial charge on any atom is 0.139 e. The summed E-state index contributed by atoms with van der Waals surface area (Å²) in [7, 11) is 0. The minimum absolute atomic E-state index is 0.239. The van der Waals surface area contributed by atoms with Gasteiger partial charge in [0.15, 0.2) is 0 Å². The van der Waals surface area contributed by atoms with E-state index in [1.165, 1.54) is 24.0 Å². The summed E-state index contributed by atoms with van der Waals surface area (Å²) in [6, 6.07) is 8.73. The van der Waals surface area contributed by atoms with Gasteiger partial charge >= 0.3 is 0 Å². The van der Waals surface area contributed by atoms with E-state index in [0.29, 0.717) is 29.5 Å². The number of hydrogen-bond acceptors (Lipinski definition) is 1. The molecule has 2 aliphatic carbocycles. The van der Waals surface area contributed by atoms with Crippen molar-refractivity contribution in [1.82, 2.24) is 0 Å². The lowest BCUT2D eigenvalue weighted by Crippen LogP contribution is -2.16. The van der Waals surface area contributed by atoms with Gasteiger partial charge in [-0.1, -0.05) is 45.0 Å². The van der Waals surface area contributed by atoms with E-state index in [-0.39, 0.29) is 5.92 Å². The summed E-state index contributed by atoms with van der Waals surface area (Å²) in [5, 5.41) is 0. The van der Waals surface area contributed by atoms with Gasteiger partial charge in [0, 0.05) is 11.8 Å². The summed E-state index contributed by atoms with van der Waals surface area (Å²) >= 11 is 0. The van der Waals surface area contributed by atoms with Crippen LogP contribution in [0.1, 0.15) is 50.7 Å². The number of aryl methyl sites for hydroxylation is 1. The van der Waals surface area contributed by atoms with E-state index >= 15 is 0 Å². The van der Waals surface area contributed by atoms with E-state index in [0.717, 1.165) is 6.42 Å². The van der Waals surface area contributed by atoms with Crippen LogP contribution in [0.15, 0.2) is 24.3 Å². The lowest BCUT2D eigenvalue weighted by molar-refractivity contribution is -0.124. The van der Waals surface area contributed by atoms with Crippen molar-refractivity contribution in [3.63, 3.8) is 0 Å². The second-order valence-corrected chi connectivity index (χ2v) is 6.89. The maximum atomic E-state index is 12.6. The Morgan fingerprint density at radius 2 is 2.00 bits per heavy atom. The van der Waals surface area contributed by atoms with E-state index in [4.69, 9.17) is 0 Å². The molecule has 1 saturated carbocycles. The molecule has 0 aliphatic heterocycles. The van der Waals surface area contributed by atoms with E-state index in [9.17, 15) is 4.79 Å². The Morgan fingerprint density at radius 1 is 1.26 bits per heavy atom. The van der Waals surface area contributed by atoms with E-state index in [1.807, 2.05) is 0 Å². The Hall–Kier alpha value is -1.11. The highest BCUT2D eigenvalue weighted by molar-refractivity contribution is 5.88. The van der Waals surface area contributed by atoms with Gasteiger partial charge in [-0.2, -0.15) is 0 Å². The molecule has 0 amide bonds. The molecule has 0 saturated heterocycles. The average Bonchev–Trinajstić information content (AvgIpc) is 3.11. The highest BCUT2D eigenvalue weighted by atomic mass is 16.1. The Morgan fingerprint density at radius 3 is 2.74 bits per heavy atom. The molecule has 1 fully saturated rings. The van der Waals surface area contributed by atoms with Gasteiger partial charge in [0.25, 0.3) is 0 Å². The number of carbonyl (C=O) groups excluding carboxylic acids is 1. The normalized spacial score (nSPS) is 29.6. The molecule has 1 nitrogen and oxygen atoms in total. The highest BCUT2D eigenvalue weighted by Crippen LogP contribution is 2.60. The quantitative estimate of drug-likeness (QED) is 0.788. The van der Waals surface area contributed by atoms with Crippen molar-refractivity contribution in [2.24, 2.45) is 23.7 Å². The van der Waals surface area contributed by atoms with Crippen LogP contribution in [0.5, 0.6) is 0 Å². The second-order valence-electron chi connectivity index (χ2n) is 6.89. The highest BCUT2D eigenvalue weighted by Gasteiger charge is 2.57. The summed E-state index contributed by atoms with van der Waals surface area (Å²) in [4.78, 5) is 12.6. The number of fused-ring (bicyclic) bond motifs is 3. The average molecular weight is 256 g/mol. The molecule has 2 aliphatic rings. The fraction of sp³-hybridized carbons (Fsp3) is 0.611. The molecule has 0 N–H and O–H groups in total. The summed E-state index contributed by atoms with van der Waals surface area (Å²) in [6.07, 6.45) is 3.42. The third kappa shape index (κ3) is 2.24. The predicted molar refractivity (Wildman–Crippen MR) is 78.1 cm³/mol. The zero-order valence-electron chi connectivity index (χ0n) is 12.2. The molecule has 19 heavy (non-hydrogen) atoms. The predicted octanol–water partition coefficient (Wildman–Crippen LogP) is 4.21. The van der Waals surface area contributed by atoms with E-state index in [1.54, 1.807) is 0 Å². The molecular weight excluding hydrogens is 232 g/mol. The van der Waals surface area contributed by atoms with Crippen LogP contribution in [-0.2, 0) is 11.2 Å². The van der Waals surface area contributed by atoms with Crippen molar-refractivity contribution in [2.45, 2.75) is 46.0 Å². The van der Waals surface area contributed by atoms with Gasteiger partial charge < -0.3 is 0 Å². The van der Waals surface area contributed by atoms with Gasteiger partial charge in [-0.15, -0.1) is 0 Å². The Bertz CT molecular complexity index is 488. The molecule has 1 aromatic carbocycles. The van der Waals surface area contributed by atoms with Gasteiger partial charge in [-0.3, -0.25) is 4.79 Å². The van der Waals surface area contributed by atoms with Gasteiger partial charge in [-0.05, 0) is 48.1 Å². The summed E-state index contributed by atoms with van der Waals surface area (Å²) < 4.78 is 0. The van der Waals surface area contributed by atoms with E-state index < -0.39 is 0 Å². The van der Waals surface area contributed by atoms with Crippen molar-refractivity contribution in [3.8, 4) is 0 Å². The minimum Gasteiger partial charge on any atom is -0.299 e. The number of Topliss-reactive ketones (excluding diaryl/α,β-unsaturated/α-hetero) is 1. The standard InChI is InChI=1S/C18H24O/c1-11(2)10-12(3)18(19)17-15-9-8-13-6-4-5-7-14(13)16(15)17/h4-7,11-12,15-17H,8-10H2,1-3H3. The maximum absolute atomic E-state index is 12.6. The molecule has 102 valence electrons. The van der Waals surface area contributed by atoms with Crippen molar-refractivity contribution in [3.05, 3.63) is 35.4 Å². The van der Waals surface area contributed by atoms with Crippen LogP contribution in [0, 0.1) is 23.7 Å². The van der Waals surface area contributed by atoms with Crippen molar-refractivity contribution in [1.29, 1.82) is 0 Å². The molecule has 1 aromatic rings. The van der Waals surface area contributed by atoms with Crippen molar-refractivity contribution < 1.29 is 4.79 Å². The molecule has 0 aromatic heterocycles. The zero-order valence-corrected chi connectivity index (χ0v) is 12.2. The fourth-order valence-corrected chi connectivity index (χ4v) is 4.11. The molecular formula is C18H24O. The SMILES string of the molecule is CC(C)CC(C)C(=O)C1C2CCc3ccccc3C21. The monoisotopic (exact) mass is 256 g/mol. The number of benzene rings is 1. The second kappa shape index (κ2) is 4.77. The zero-order chi connectivity index (χ0) is 13.6. The summed E-state index contributed by atoms with van der Waals surface area (Å²) in [5.74, 6) is 2.91. The van der Waals surface area contributed by atoms with Gasteiger partial charge in [0.2, 0.25) is 0 Å². The van der Waals surface area contributed by atoms with Gasteiger partial charge in [0.05, 0.1) is 0 Å². The Kier molecular flexibility index (Phi) is 3.24. The smallest absolute Gasteiger partial charge is 0.139 e. The molecule has 3 rings (SSSR count). The molecule has 4 unspecified atom stereocenters. The third-order valence-corrected chi connectivity index (χ3v) is 4.97. The molecule has 0 spiro atoms. The summed E-state index contributed by atoms with van der Waals surface area (Å²) in [6.45, 7) is 6.54. The number of hydrogen-bond donors (Lipinski definition) is 0. The first-order valence-corrected chi connectivity index (χ1v) is 7.71. The lowest BCUT2D eigenvalue weighted by Gasteiger charge is -2.13. The van der Waals surface area contributed by atoms with Crippen LogP contribution < -0.4 is 0 Å². The number of carbonyl (C=O) groups is 1. The number of ketones is 1. The Labute approximate surface area is 116 Å². The van der Waals surface area contributed by atoms with Gasteiger partial charge in [-0.25, -0.2) is 0 Å².